The van der Waals surface area contributed by atoms with Crippen molar-refractivity contribution in [3.05, 3.63) is 78.0 Å². The summed E-state index contributed by atoms with van der Waals surface area (Å²) < 4.78 is 0. The van der Waals surface area contributed by atoms with Gasteiger partial charge in [-0.1, -0.05) is 24.3 Å². The summed E-state index contributed by atoms with van der Waals surface area (Å²) >= 11 is 0. The molecule has 7 nitrogen and oxygen atoms in total. The first-order valence-electron chi connectivity index (χ1n) is 11.2. The third-order valence-electron chi connectivity index (χ3n) is 5.92. The van der Waals surface area contributed by atoms with E-state index in [1.807, 2.05) is 59.5 Å². The molecular weight excluding hydrogens is 450 g/mol. The van der Waals surface area contributed by atoms with Gasteiger partial charge in [0, 0.05) is 43.5 Å². The molecule has 34 heavy (non-hydrogen) atoms. The van der Waals surface area contributed by atoms with Crippen molar-refractivity contribution in [1.29, 1.82) is 0 Å². The second-order valence-corrected chi connectivity index (χ2v) is 8.28. The van der Waals surface area contributed by atoms with Crippen LogP contribution in [0.5, 0.6) is 0 Å². The zero-order valence-electron chi connectivity index (χ0n) is 19.3. The molecule has 0 spiro atoms. The molecule has 2 heterocycles. The van der Waals surface area contributed by atoms with E-state index in [0.717, 1.165) is 34.6 Å². The molecule has 3 aromatic rings. The van der Waals surface area contributed by atoms with E-state index in [9.17, 15) is 9.59 Å². The molecule has 2 amide bonds. The molecule has 178 valence electrons. The van der Waals surface area contributed by atoms with Gasteiger partial charge in [-0.05, 0) is 66.4 Å². The number of hydrogen-bond donors (Lipinski definition) is 3. The average Bonchev–Trinajstić information content (AvgIpc) is 2.83. The van der Waals surface area contributed by atoms with E-state index in [2.05, 4.69) is 28.6 Å². The lowest BCUT2D eigenvalue weighted by Gasteiger charge is -2.39. The summed E-state index contributed by atoms with van der Waals surface area (Å²) in [5.74, 6) is 0.693. The standard InChI is InChI=1S/C26H29N5O2.ClH/c1-17-15-23(30-25-5-3-4-13-28-25)22-16-21(10-11-24(22)31(17)18(2)32)19-6-8-20(9-7-19)26(33)29-14-12-27;/h3-11,13,16-17,23H,12,14-15,27H2,1-2H3,(H,28,30)(H,29,33);1H/t17-,23+;/m0./s1. The number of carbonyl (C=O) groups is 2. The Bertz CT molecular complexity index is 1140. The highest BCUT2D eigenvalue weighted by molar-refractivity contribution is 5.95. The first kappa shape index (κ1) is 25.2. The van der Waals surface area contributed by atoms with Gasteiger partial charge in [0.05, 0.1) is 6.04 Å². The SMILES string of the molecule is CC(=O)N1c2ccc(-c3ccc(C(=O)NCCN)cc3)cc2[C@H](Nc2ccccn2)C[C@@H]1C.Cl. The predicted octanol–water partition coefficient (Wildman–Crippen LogP) is 4.16. The van der Waals surface area contributed by atoms with E-state index in [-0.39, 0.29) is 36.3 Å². The maximum absolute atomic E-state index is 12.4. The normalized spacial score (nSPS) is 16.7. The van der Waals surface area contributed by atoms with Gasteiger partial charge in [-0.15, -0.1) is 12.4 Å². The van der Waals surface area contributed by atoms with Gasteiger partial charge in [0.15, 0.2) is 0 Å². The van der Waals surface area contributed by atoms with Crippen molar-refractivity contribution >= 4 is 35.7 Å². The van der Waals surface area contributed by atoms with Crippen molar-refractivity contribution in [2.75, 3.05) is 23.3 Å². The van der Waals surface area contributed by atoms with Gasteiger partial charge in [-0.3, -0.25) is 9.59 Å². The number of nitrogens with one attached hydrogen (secondary N) is 2. The molecular formula is C26H30ClN5O2. The zero-order valence-corrected chi connectivity index (χ0v) is 20.1. The molecule has 0 unspecified atom stereocenters. The van der Waals surface area contributed by atoms with E-state index in [1.54, 1.807) is 13.1 Å². The molecule has 1 aliphatic rings. The number of halogens is 1. The van der Waals surface area contributed by atoms with Crippen LogP contribution >= 0.6 is 12.4 Å². The second-order valence-electron chi connectivity index (χ2n) is 8.28. The fraction of sp³-hybridized carbons (Fsp3) is 0.269. The molecule has 1 aliphatic heterocycles. The van der Waals surface area contributed by atoms with Crippen LogP contribution in [0.2, 0.25) is 0 Å². The monoisotopic (exact) mass is 479 g/mol. The van der Waals surface area contributed by atoms with Crippen molar-refractivity contribution in [3.8, 4) is 11.1 Å². The average molecular weight is 480 g/mol. The number of rotatable bonds is 6. The quantitative estimate of drug-likeness (QED) is 0.493. The molecule has 0 aliphatic carbocycles. The van der Waals surface area contributed by atoms with Crippen molar-refractivity contribution in [2.24, 2.45) is 5.73 Å². The Morgan fingerprint density at radius 2 is 1.82 bits per heavy atom. The number of hydrogen-bond acceptors (Lipinski definition) is 5. The number of amides is 2. The molecule has 0 saturated carbocycles. The van der Waals surface area contributed by atoms with Crippen molar-refractivity contribution < 1.29 is 9.59 Å². The van der Waals surface area contributed by atoms with Crippen LogP contribution in [0.3, 0.4) is 0 Å². The summed E-state index contributed by atoms with van der Waals surface area (Å²) in [7, 11) is 0. The van der Waals surface area contributed by atoms with Gasteiger partial charge in [0.25, 0.3) is 5.91 Å². The Balaban J connectivity index is 0.00000324. The summed E-state index contributed by atoms with van der Waals surface area (Å²) in [5.41, 5.74) is 10.0. The Morgan fingerprint density at radius 1 is 1.09 bits per heavy atom. The van der Waals surface area contributed by atoms with Crippen molar-refractivity contribution in [1.82, 2.24) is 10.3 Å². The lowest BCUT2D eigenvalue weighted by atomic mass is 9.89. The number of anilines is 2. The van der Waals surface area contributed by atoms with Gasteiger partial charge < -0.3 is 21.3 Å². The van der Waals surface area contributed by atoms with E-state index in [4.69, 9.17) is 5.73 Å². The fourth-order valence-electron chi connectivity index (χ4n) is 4.39. The molecule has 4 rings (SSSR count). The van der Waals surface area contributed by atoms with Crippen LogP contribution in [0.15, 0.2) is 66.9 Å². The maximum Gasteiger partial charge on any atom is 0.251 e. The number of pyridine rings is 1. The lowest BCUT2D eigenvalue weighted by Crippen LogP contribution is -2.43. The van der Waals surface area contributed by atoms with Gasteiger partial charge in [-0.25, -0.2) is 4.98 Å². The molecule has 8 heteroatoms. The number of fused-ring (bicyclic) bond motifs is 1. The van der Waals surface area contributed by atoms with E-state index in [0.29, 0.717) is 18.7 Å². The molecule has 0 fully saturated rings. The third kappa shape index (κ3) is 5.38. The van der Waals surface area contributed by atoms with Crippen LogP contribution in [0.4, 0.5) is 11.5 Å². The predicted molar refractivity (Wildman–Crippen MR) is 138 cm³/mol. The van der Waals surface area contributed by atoms with Crippen LogP contribution in [0, 0.1) is 0 Å². The van der Waals surface area contributed by atoms with Gasteiger partial charge in [0.2, 0.25) is 5.91 Å². The summed E-state index contributed by atoms with van der Waals surface area (Å²) in [4.78, 5) is 30.9. The second kappa shape index (κ2) is 11.1. The largest absolute Gasteiger partial charge is 0.363 e. The summed E-state index contributed by atoms with van der Waals surface area (Å²) in [5, 5.41) is 6.32. The van der Waals surface area contributed by atoms with Crippen LogP contribution < -0.4 is 21.3 Å². The first-order valence-corrected chi connectivity index (χ1v) is 11.2. The molecule has 1 aromatic heterocycles. The van der Waals surface area contributed by atoms with Gasteiger partial charge in [-0.2, -0.15) is 0 Å². The number of aromatic nitrogens is 1. The molecule has 0 bridgehead atoms. The summed E-state index contributed by atoms with van der Waals surface area (Å²) in [6.45, 7) is 4.53. The number of benzene rings is 2. The minimum atomic E-state index is -0.136. The number of carbonyl (C=O) groups excluding carboxylic acids is 2. The fourth-order valence-corrected chi connectivity index (χ4v) is 4.39. The zero-order chi connectivity index (χ0) is 23.4. The van der Waals surface area contributed by atoms with Crippen molar-refractivity contribution in [2.45, 2.75) is 32.4 Å². The Morgan fingerprint density at radius 3 is 2.47 bits per heavy atom. The van der Waals surface area contributed by atoms with Gasteiger partial charge in [0.1, 0.15) is 5.82 Å². The third-order valence-corrected chi connectivity index (χ3v) is 5.92. The summed E-state index contributed by atoms with van der Waals surface area (Å²) in [6, 6.07) is 19.5. The highest BCUT2D eigenvalue weighted by atomic mass is 35.5. The van der Waals surface area contributed by atoms with E-state index < -0.39 is 0 Å². The Hall–Kier alpha value is -3.42. The topological polar surface area (TPSA) is 100 Å². The van der Waals surface area contributed by atoms with Crippen LogP contribution in [0.1, 0.15) is 42.2 Å². The van der Waals surface area contributed by atoms with E-state index >= 15 is 0 Å². The lowest BCUT2D eigenvalue weighted by molar-refractivity contribution is -0.117. The van der Waals surface area contributed by atoms with Crippen LogP contribution in [0.25, 0.3) is 11.1 Å². The number of nitrogens with two attached hydrogens (primary N) is 1. The smallest absolute Gasteiger partial charge is 0.251 e. The maximum atomic E-state index is 12.4. The van der Waals surface area contributed by atoms with Crippen LogP contribution in [-0.4, -0.2) is 35.9 Å². The van der Waals surface area contributed by atoms with Crippen LogP contribution in [-0.2, 0) is 4.79 Å². The van der Waals surface area contributed by atoms with Gasteiger partial charge >= 0.3 is 0 Å². The highest BCUT2D eigenvalue weighted by Crippen LogP contribution is 2.41. The molecule has 2 atom stereocenters. The Labute approximate surface area is 206 Å². The summed E-state index contributed by atoms with van der Waals surface area (Å²) in [6.07, 6.45) is 2.53. The number of nitrogens with zero attached hydrogens (tertiary/aromatic N) is 2. The highest BCUT2D eigenvalue weighted by Gasteiger charge is 2.32. The minimum absolute atomic E-state index is 0. The molecule has 4 N–H and O–H groups in total. The first-order chi connectivity index (χ1) is 16.0. The van der Waals surface area contributed by atoms with Crippen molar-refractivity contribution in [3.63, 3.8) is 0 Å². The molecule has 2 aromatic carbocycles. The molecule has 0 saturated heterocycles. The minimum Gasteiger partial charge on any atom is -0.363 e. The van der Waals surface area contributed by atoms with E-state index in [1.165, 1.54) is 0 Å². The Kier molecular flexibility index (Phi) is 8.26. The molecule has 0 radical (unpaired) electrons.